The molecule has 1 amide bonds. The lowest BCUT2D eigenvalue weighted by Crippen LogP contribution is -2.15. The second-order valence-electron chi connectivity index (χ2n) is 3.58. The van der Waals surface area contributed by atoms with Gasteiger partial charge in [-0.3, -0.25) is 4.79 Å². The minimum absolute atomic E-state index is 0.142. The van der Waals surface area contributed by atoms with E-state index >= 15 is 0 Å². The monoisotopic (exact) mass is 228 g/mol. The Hall–Kier alpha value is -2.43. The number of carbonyl (C=O) groups is 1. The minimum Gasteiger partial charge on any atom is -0.399 e. The Kier molecular flexibility index (Phi) is 3.30. The summed E-state index contributed by atoms with van der Waals surface area (Å²) in [5, 5.41) is 10.1. The van der Waals surface area contributed by atoms with E-state index in [9.17, 15) is 4.79 Å². The fraction of sp³-hybridized carbons (Fsp3) is 0.0833. The fourth-order valence-corrected chi connectivity index (χ4v) is 1.44. The molecule has 0 saturated carbocycles. The number of nitrogen functional groups attached to an aromatic ring is 1. The Morgan fingerprint density at radius 3 is 2.88 bits per heavy atom. The van der Waals surface area contributed by atoms with Gasteiger partial charge in [0.1, 0.15) is 0 Å². The van der Waals surface area contributed by atoms with Gasteiger partial charge in [-0.15, -0.1) is 5.10 Å². The molecule has 0 bridgehead atoms. The van der Waals surface area contributed by atoms with Gasteiger partial charge in [0, 0.05) is 11.9 Å². The molecule has 0 saturated heterocycles. The van der Waals surface area contributed by atoms with Crippen LogP contribution in [0.1, 0.15) is 5.56 Å². The van der Waals surface area contributed by atoms with Gasteiger partial charge in [0.15, 0.2) is 5.82 Å². The number of anilines is 2. The lowest BCUT2D eigenvalue weighted by Gasteiger charge is -2.04. The average molecular weight is 228 g/mol. The number of amides is 1. The average Bonchev–Trinajstić information content (AvgIpc) is 2.30. The Bertz CT molecular complexity index is 513. The number of aromatic nitrogens is 2. The Morgan fingerprint density at radius 2 is 2.18 bits per heavy atom. The van der Waals surface area contributed by atoms with Crippen LogP contribution in [0.5, 0.6) is 0 Å². The van der Waals surface area contributed by atoms with Crippen LogP contribution in [0.15, 0.2) is 42.6 Å². The highest BCUT2D eigenvalue weighted by atomic mass is 16.1. The predicted molar refractivity (Wildman–Crippen MR) is 65.2 cm³/mol. The van der Waals surface area contributed by atoms with E-state index < -0.39 is 0 Å². The number of carbonyl (C=O) groups excluding carboxylic acids is 1. The van der Waals surface area contributed by atoms with Gasteiger partial charge in [-0.05, 0) is 29.8 Å². The van der Waals surface area contributed by atoms with Crippen LogP contribution >= 0.6 is 0 Å². The maximum absolute atomic E-state index is 11.7. The highest BCUT2D eigenvalue weighted by molar-refractivity contribution is 5.91. The van der Waals surface area contributed by atoms with Crippen LogP contribution in [-0.4, -0.2) is 16.1 Å². The van der Waals surface area contributed by atoms with Crippen LogP contribution in [0, 0.1) is 0 Å². The first-order valence-electron chi connectivity index (χ1n) is 5.16. The van der Waals surface area contributed by atoms with Crippen molar-refractivity contribution in [3.63, 3.8) is 0 Å². The number of nitrogens with two attached hydrogens (primary N) is 1. The molecule has 86 valence electrons. The standard InChI is InChI=1S/C12H12N4O/c13-10-4-1-3-9(7-10)8-12(17)15-11-5-2-6-14-16-11/h1-7H,8,13H2,(H,15,16,17). The lowest BCUT2D eigenvalue weighted by molar-refractivity contribution is -0.115. The number of benzene rings is 1. The van der Waals surface area contributed by atoms with E-state index in [-0.39, 0.29) is 12.3 Å². The summed E-state index contributed by atoms with van der Waals surface area (Å²) < 4.78 is 0. The molecule has 0 fully saturated rings. The van der Waals surface area contributed by atoms with Gasteiger partial charge in [-0.1, -0.05) is 12.1 Å². The van der Waals surface area contributed by atoms with E-state index in [1.165, 1.54) is 0 Å². The Balaban J connectivity index is 1.98. The first-order valence-corrected chi connectivity index (χ1v) is 5.16. The van der Waals surface area contributed by atoms with Crippen LogP contribution in [0.4, 0.5) is 11.5 Å². The molecule has 0 radical (unpaired) electrons. The lowest BCUT2D eigenvalue weighted by atomic mass is 10.1. The second-order valence-corrected chi connectivity index (χ2v) is 3.58. The summed E-state index contributed by atoms with van der Waals surface area (Å²) in [5.74, 6) is 0.303. The van der Waals surface area contributed by atoms with Crippen molar-refractivity contribution in [3.8, 4) is 0 Å². The third kappa shape index (κ3) is 3.27. The molecule has 1 aromatic carbocycles. The summed E-state index contributed by atoms with van der Waals surface area (Å²) in [6, 6.07) is 10.6. The molecular formula is C12H12N4O. The van der Waals surface area contributed by atoms with Gasteiger partial charge in [-0.25, -0.2) is 0 Å². The summed E-state index contributed by atoms with van der Waals surface area (Å²) in [7, 11) is 0. The molecule has 0 spiro atoms. The summed E-state index contributed by atoms with van der Waals surface area (Å²) in [6.07, 6.45) is 1.81. The Labute approximate surface area is 98.7 Å². The summed E-state index contributed by atoms with van der Waals surface area (Å²) in [5.41, 5.74) is 7.15. The first kappa shape index (κ1) is 11.1. The first-order chi connectivity index (χ1) is 8.24. The molecule has 5 heteroatoms. The summed E-state index contributed by atoms with van der Waals surface area (Å²) >= 11 is 0. The van der Waals surface area contributed by atoms with Crippen LogP contribution in [0.25, 0.3) is 0 Å². The second kappa shape index (κ2) is 5.07. The maximum atomic E-state index is 11.7. The molecule has 17 heavy (non-hydrogen) atoms. The van der Waals surface area contributed by atoms with Crippen molar-refractivity contribution in [1.29, 1.82) is 0 Å². The molecule has 1 heterocycles. The fourth-order valence-electron chi connectivity index (χ4n) is 1.44. The van der Waals surface area contributed by atoms with E-state index in [1.54, 1.807) is 30.5 Å². The number of nitrogens with one attached hydrogen (secondary N) is 1. The minimum atomic E-state index is -0.142. The van der Waals surface area contributed by atoms with Gasteiger partial charge < -0.3 is 11.1 Å². The molecule has 0 aliphatic carbocycles. The third-order valence-electron chi connectivity index (χ3n) is 2.16. The van der Waals surface area contributed by atoms with Crippen LogP contribution < -0.4 is 11.1 Å². The molecular weight excluding hydrogens is 216 g/mol. The van der Waals surface area contributed by atoms with Crippen LogP contribution in [-0.2, 0) is 11.2 Å². The zero-order chi connectivity index (χ0) is 12.1. The number of nitrogens with zero attached hydrogens (tertiary/aromatic N) is 2. The number of hydrogen-bond donors (Lipinski definition) is 2. The van der Waals surface area contributed by atoms with Crippen molar-refractivity contribution < 1.29 is 4.79 Å². The summed E-state index contributed by atoms with van der Waals surface area (Å²) in [6.45, 7) is 0. The largest absolute Gasteiger partial charge is 0.399 e. The Morgan fingerprint density at radius 1 is 1.29 bits per heavy atom. The zero-order valence-corrected chi connectivity index (χ0v) is 9.13. The molecule has 2 rings (SSSR count). The van der Waals surface area contributed by atoms with Crippen molar-refractivity contribution in [2.45, 2.75) is 6.42 Å². The number of rotatable bonds is 3. The van der Waals surface area contributed by atoms with Crippen molar-refractivity contribution in [1.82, 2.24) is 10.2 Å². The third-order valence-corrected chi connectivity index (χ3v) is 2.16. The molecule has 0 aliphatic rings. The smallest absolute Gasteiger partial charge is 0.229 e. The van der Waals surface area contributed by atoms with Crippen LogP contribution in [0.3, 0.4) is 0 Å². The van der Waals surface area contributed by atoms with Gasteiger partial charge in [-0.2, -0.15) is 5.10 Å². The van der Waals surface area contributed by atoms with Gasteiger partial charge in [0.05, 0.1) is 6.42 Å². The van der Waals surface area contributed by atoms with E-state index in [0.29, 0.717) is 11.5 Å². The molecule has 2 aromatic rings. The molecule has 5 nitrogen and oxygen atoms in total. The number of hydrogen-bond acceptors (Lipinski definition) is 4. The quantitative estimate of drug-likeness (QED) is 0.774. The van der Waals surface area contributed by atoms with Crippen LogP contribution in [0.2, 0.25) is 0 Å². The normalized spacial score (nSPS) is 9.88. The molecule has 0 unspecified atom stereocenters. The highest BCUT2D eigenvalue weighted by Crippen LogP contribution is 2.08. The van der Waals surface area contributed by atoms with Crippen molar-refractivity contribution in [2.75, 3.05) is 11.1 Å². The van der Waals surface area contributed by atoms with Gasteiger partial charge in [0.2, 0.25) is 5.91 Å². The van der Waals surface area contributed by atoms with E-state index in [1.807, 2.05) is 12.1 Å². The SMILES string of the molecule is Nc1cccc(CC(=O)Nc2cccnn2)c1. The van der Waals surface area contributed by atoms with E-state index in [0.717, 1.165) is 5.56 Å². The topological polar surface area (TPSA) is 80.9 Å². The van der Waals surface area contributed by atoms with Gasteiger partial charge >= 0.3 is 0 Å². The predicted octanol–water partition coefficient (Wildman–Crippen LogP) is 1.24. The molecule has 1 aromatic heterocycles. The van der Waals surface area contributed by atoms with Gasteiger partial charge in [0.25, 0.3) is 0 Å². The van der Waals surface area contributed by atoms with E-state index in [2.05, 4.69) is 15.5 Å². The van der Waals surface area contributed by atoms with Crippen molar-refractivity contribution >= 4 is 17.4 Å². The molecule has 0 atom stereocenters. The molecule has 3 N–H and O–H groups in total. The maximum Gasteiger partial charge on any atom is 0.229 e. The molecule has 0 aliphatic heterocycles. The zero-order valence-electron chi connectivity index (χ0n) is 9.13. The van der Waals surface area contributed by atoms with Crippen molar-refractivity contribution in [2.24, 2.45) is 0 Å². The van der Waals surface area contributed by atoms with Crippen molar-refractivity contribution in [3.05, 3.63) is 48.2 Å². The highest BCUT2D eigenvalue weighted by Gasteiger charge is 2.04. The van der Waals surface area contributed by atoms with E-state index in [4.69, 9.17) is 5.73 Å². The summed E-state index contributed by atoms with van der Waals surface area (Å²) in [4.78, 5) is 11.7.